The van der Waals surface area contributed by atoms with E-state index < -0.39 is 77.8 Å². The molecule has 0 saturated carbocycles. The van der Waals surface area contributed by atoms with E-state index in [2.05, 4.69) is 0 Å². The number of nitrogens with zero attached hydrogens (tertiary/aromatic N) is 2. The molecule has 7 nitrogen and oxygen atoms in total. The average Bonchev–Trinajstić information content (AvgIpc) is 3.25. The molecule has 2 amide bonds. The Morgan fingerprint density at radius 3 is 1.93 bits per heavy atom. The fourth-order valence-corrected chi connectivity index (χ4v) is 5.77. The molecule has 2 heterocycles. The van der Waals surface area contributed by atoms with Crippen LogP contribution in [0.2, 0.25) is 0 Å². The van der Waals surface area contributed by atoms with Crippen molar-refractivity contribution in [3.8, 4) is 0 Å². The van der Waals surface area contributed by atoms with Crippen LogP contribution in [-0.4, -0.2) is 55.3 Å². The van der Waals surface area contributed by atoms with Crippen molar-refractivity contribution in [2.24, 2.45) is 5.92 Å². The number of hydrogen-bond donors (Lipinski definition) is 0. The molecule has 1 unspecified atom stereocenters. The van der Waals surface area contributed by atoms with Crippen molar-refractivity contribution >= 4 is 12.2 Å². The van der Waals surface area contributed by atoms with Crippen molar-refractivity contribution in [2.45, 2.75) is 63.1 Å². The van der Waals surface area contributed by atoms with Crippen LogP contribution in [0.1, 0.15) is 65.4 Å². The van der Waals surface area contributed by atoms with E-state index in [9.17, 15) is 49.1 Å². The van der Waals surface area contributed by atoms with Gasteiger partial charge in [-0.25, -0.2) is 9.59 Å². The first-order valence-electron chi connectivity index (χ1n) is 13.7. The highest BCUT2D eigenvalue weighted by Crippen LogP contribution is 2.43. The summed E-state index contributed by atoms with van der Waals surface area (Å²) in [5, 5.41) is 0. The summed E-state index contributed by atoms with van der Waals surface area (Å²) in [4.78, 5) is 27.3. The largest absolute Gasteiger partial charge is 0.453 e. The van der Waals surface area contributed by atoms with Crippen molar-refractivity contribution in [1.82, 2.24) is 9.80 Å². The number of alkyl halides is 9. The quantitative estimate of drug-likeness (QED) is 0.295. The zero-order chi connectivity index (χ0) is 33.5. The van der Waals surface area contributed by atoms with E-state index in [1.165, 1.54) is 32.1 Å². The minimum atomic E-state index is -5.14. The van der Waals surface area contributed by atoms with E-state index >= 15 is 0 Å². The molecule has 45 heavy (non-hydrogen) atoms. The number of hydrogen-bond acceptors (Lipinski definition) is 5. The number of likely N-dealkylation sites (tertiary alicyclic amines) is 1. The van der Waals surface area contributed by atoms with Crippen LogP contribution in [0.25, 0.3) is 0 Å². The van der Waals surface area contributed by atoms with Crippen LogP contribution in [0.5, 0.6) is 0 Å². The molecule has 4 rings (SSSR count). The molecule has 16 heteroatoms. The molecular formula is C29H29F9N2O5. The molecule has 0 spiro atoms. The van der Waals surface area contributed by atoms with Crippen LogP contribution < -0.4 is 0 Å². The van der Waals surface area contributed by atoms with Gasteiger partial charge in [-0.15, -0.1) is 0 Å². The van der Waals surface area contributed by atoms with E-state index in [1.54, 1.807) is 0 Å². The Morgan fingerprint density at radius 1 is 0.889 bits per heavy atom. The third-order valence-electron chi connectivity index (χ3n) is 8.10. The number of halogens is 9. The summed E-state index contributed by atoms with van der Waals surface area (Å²) in [7, 11) is 2.59. The monoisotopic (exact) mass is 656 g/mol. The zero-order valence-corrected chi connectivity index (χ0v) is 24.1. The minimum absolute atomic E-state index is 0.00320. The molecule has 2 aromatic carbocycles. The van der Waals surface area contributed by atoms with Crippen LogP contribution in [-0.2, 0) is 39.3 Å². The molecule has 2 aliphatic rings. The Hall–Kier alpha value is -3.69. The van der Waals surface area contributed by atoms with Crippen molar-refractivity contribution in [2.75, 3.05) is 27.3 Å². The number of carbonyl (C=O) groups excluding carboxylic acids is 2. The maximum atomic E-state index is 13.7. The molecule has 0 bridgehead atoms. The Balaban J connectivity index is 1.68. The fraction of sp³-hybridized carbons (Fsp3) is 0.517. The molecule has 2 fully saturated rings. The Morgan fingerprint density at radius 2 is 1.44 bits per heavy atom. The first kappa shape index (κ1) is 34.2. The van der Waals surface area contributed by atoms with Gasteiger partial charge in [0, 0.05) is 26.7 Å². The zero-order valence-electron chi connectivity index (χ0n) is 24.1. The van der Waals surface area contributed by atoms with Gasteiger partial charge in [0.2, 0.25) is 0 Å². The van der Waals surface area contributed by atoms with Crippen LogP contribution >= 0.6 is 0 Å². The van der Waals surface area contributed by atoms with Gasteiger partial charge in [-0.3, -0.25) is 4.90 Å². The number of carbonyl (C=O) groups is 2. The lowest BCUT2D eigenvalue weighted by Crippen LogP contribution is -2.40. The normalized spacial score (nSPS) is 20.8. The summed E-state index contributed by atoms with van der Waals surface area (Å²) < 4.78 is 138. The molecule has 2 saturated heterocycles. The number of benzene rings is 2. The maximum Gasteiger partial charge on any atom is 0.416 e. The van der Waals surface area contributed by atoms with Crippen LogP contribution in [0.4, 0.5) is 49.1 Å². The van der Waals surface area contributed by atoms with Gasteiger partial charge in [-0.05, 0) is 72.7 Å². The lowest BCUT2D eigenvalue weighted by Gasteiger charge is -2.36. The van der Waals surface area contributed by atoms with E-state index in [0.717, 1.165) is 17.0 Å². The summed E-state index contributed by atoms with van der Waals surface area (Å²) in [6, 6.07) is 2.56. The summed E-state index contributed by atoms with van der Waals surface area (Å²) in [6.07, 6.45) is -18.3. The lowest BCUT2D eigenvalue weighted by atomic mass is 9.84. The predicted molar refractivity (Wildman–Crippen MR) is 139 cm³/mol. The van der Waals surface area contributed by atoms with Gasteiger partial charge in [0.05, 0.1) is 35.9 Å². The maximum absolute atomic E-state index is 13.7. The number of cyclic esters (lactones) is 1. The number of piperidine rings is 1. The van der Waals surface area contributed by atoms with Crippen LogP contribution in [0, 0.1) is 5.92 Å². The fourth-order valence-electron chi connectivity index (χ4n) is 5.77. The molecule has 0 aliphatic carbocycles. The van der Waals surface area contributed by atoms with Crippen LogP contribution in [0.15, 0.2) is 36.4 Å². The minimum Gasteiger partial charge on any atom is -0.453 e. The highest BCUT2D eigenvalue weighted by Gasteiger charge is 2.44. The SMILES string of the molecule is COC(=O)N1CCC(C(OC)c2ccc(C(F)(F)F)cc2CN2C(=O)O[C@H](c3cc(C(F)(F)F)cc(C(F)(F)F)c3)[C@@H]2C)CC1. The van der Waals surface area contributed by atoms with Gasteiger partial charge >= 0.3 is 30.7 Å². The van der Waals surface area contributed by atoms with Crippen molar-refractivity contribution in [1.29, 1.82) is 0 Å². The second kappa shape index (κ2) is 12.6. The van der Waals surface area contributed by atoms with Crippen molar-refractivity contribution < 1.29 is 63.3 Å². The summed E-state index contributed by atoms with van der Waals surface area (Å²) in [5.74, 6) is -0.256. The number of rotatable bonds is 6. The van der Waals surface area contributed by atoms with E-state index in [-0.39, 0.29) is 17.5 Å². The van der Waals surface area contributed by atoms with Crippen LogP contribution in [0.3, 0.4) is 0 Å². The third-order valence-corrected chi connectivity index (χ3v) is 8.10. The first-order valence-corrected chi connectivity index (χ1v) is 13.7. The smallest absolute Gasteiger partial charge is 0.416 e. The van der Waals surface area contributed by atoms with Gasteiger partial charge in [-0.1, -0.05) is 6.07 Å². The molecule has 0 radical (unpaired) electrons. The predicted octanol–water partition coefficient (Wildman–Crippen LogP) is 7.99. The summed E-state index contributed by atoms with van der Waals surface area (Å²) in [5.41, 5.74) is -4.52. The lowest BCUT2D eigenvalue weighted by molar-refractivity contribution is -0.143. The summed E-state index contributed by atoms with van der Waals surface area (Å²) >= 11 is 0. The second-order valence-corrected chi connectivity index (χ2v) is 10.9. The van der Waals surface area contributed by atoms with Gasteiger partial charge in [0.25, 0.3) is 0 Å². The molecule has 0 aromatic heterocycles. The first-order chi connectivity index (χ1) is 20.8. The molecule has 2 aliphatic heterocycles. The van der Waals surface area contributed by atoms with Gasteiger partial charge in [-0.2, -0.15) is 39.5 Å². The standard InChI is InChI=1S/C29H29F9N2O5/c1-15-23(17-10-20(28(33,34)35)13-21(11-17)29(36,37)38)45-26(42)40(15)14-18-12-19(27(30,31)32)4-5-22(18)24(43-2)16-6-8-39(9-7-16)25(41)44-3/h4-5,10-13,15-16,23-24H,6-9,14H2,1-3H3/t15-,23-,24?/m0/s1. The number of ether oxygens (including phenoxy) is 3. The van der Waals surface area contributed by atoms with Crippen molar-refractivity contribution in [3.05, 3.63) is 69.8 Å². The highest BCUT2D eigenvalue weighted by atomic mass is 19.4. The molecule has 3 atom stereocenters. The number of amides is 2. The number of methoxy groups -OCH3 is 2. The Kier molecular flexibility index (Phi) is 9.57. The molecule has 248 valence electrons. The van der Waals surface area contributed by atoms with E-state index in [0.29, 0.717) is 43.6 Å². The highest BCUT2D eigenvalue weighted by molar-refractivity contribution is 5.71. The summed E-state index contributed by atoms with van der Waals surface area (Å²) in [6.45, 7) is 1.39. The van der Waals surface area contributed by atoms with Crippen molar-refractivity contribution in [3.63, 3.8) is 0 Å². The molecule has 0 N–H and O–H groups in total. The molecular weight excluding hydrogens is 627 g/mol. The molecule has 2 aromatic rings. The van der Waals surface area contributed by atoms with E-state index in [1.807, 2.05) is 0 Å². The van der Waals surface area contributed by atoms with Gasteiger partial charge in [0.15, 0.2) is 0 Å². The third kappa shape index (κ3) is 7.42. The topological polar surface area (TPSA) is 68.3 Å². The average molecular weight is 657 g/mol. The van der Waals surface area contributed by atoms with E-state index in [4.69, 9.17) is 14.2 Å². The van der Waals surface area contributed by atoms with Gasteiger partial charge in [0.1, 0.15) is 6.10 Å². The Bertz CT molecular complexity index is 1370. The van der Waals surface area contributed by atoms with Gasteiger partial charge < -0.3 is 19.1 Å². The second-order valence-electron chi connectivity index (χ2n) is 10.9. The Labute approximate surface area is 251 Å².